The third-order valence-corrected chi connectivity index (χ3v) is 3.66. The lowest BCUT2D eigenvalue weighted by Crippen LogP contribution is -2.29. The fourth-order valence-electron chi connectivity index (χ4n) is 2.33. The highest BCUT2D eigenvalue weighted by Crippen LogP contribution is 2.24. The Morgan fingerprint density at radius 1 is 0.950 bits per heavy atom. The summed E-state index contributed by atoms with van der Waals surface area (Å²) in [6, 6.07) is 19.3. The van der Waals surface area contributed by atoms with Crippen molar-refractivity contribution in [2.24, 2.45) is 5.84 Å². The number of nitrogens with one attached hydrogen (secondary N) is 1. The molecule has 0 saturated carbocycles. The maximum Gasteiger partial charge on any atom is 0.0500 e. The molecule has 3 N–H and O–H groups in total. The van der Waals surface area contributed by atoms with Gasteiger partial charge in [0.2, 0.25) is 0 Å². The average molecular weight is 268 g/mol. The van der Waals surface area contributed by atoms with E-state index in [1.807, 2.05) is 18.2 Å². The van der Waals surface area contributed by atoms with E-state index in [0.29, 0.717) is 0 Å². The summed E-state index contributed by atoms with van der Waals surface area (Å²) in [5.41, 5.74) is 6.98. The summed E-state index contributed by atoms with van der Waals surface area (Å²) in [7, 11) is 0. The third kappa shape index (κ3) is 3.69. The summed E-state index contributed by atoms with van der Waals surface area (Å²) >= 11 is 0. The lowest BCUT2D eigenvalue weighted by molar-refractivity contribution is 0.551. The molecule has 106 valence electrons. The summed E-state index contributed by atoms with van der Waals surface area (Å²) in [4.78, 5) is 0. The van der Waals surface area contributed by atoms with Crippen LogP contribution in [0.2, 0.25) is 0 Å². The first-order chi connectivity index (χ1) is 9.50. The van der Waals surface area contributed by atoms with Crippen molar-refractivity contribution in [3.05, 3.63) is 71.3 Å². The molecule has 20 heavy (non-hydrogen) atoms. The highest BCUT2D eigenvalue weighted by atomic mass is 15.2. The predicted octanol–water partition coefficient (Wildman–Crippen LogP) is 3.73. The molecule has 0 bridgehead atoms. The molecular formula is C18H24N2. The number of hydrazine groups is 1. The molecule has 1 unspecified atom stereocenters. The quantitative estimate of drug-likeness (QED) is 0.655. The second kappa shape index (κ2) is 6.21. The Hall–Kier alpha value is -1.64. The first kappa shape index (κ1) is 14.8. The van der Waals surface area contributed by atoms with E-state index in [4.69, 9.17) is 5.84 Å². The normalized spacial score (nSPS) is 13.2. The standard InChI is InChI=1S/C18H24N2/c1-18(2,3)16-11-9-14(10-12-16)13-17(20-19)15-7-5-4-6-8-15/h4-12,17,20H,13,19H2,1-3H3. The van der Waals surface area contributed by atoms with Crippen LogP contribution in [0, 0.1) is 0 Å². The number of hydrogen-bond donors (Lipinski definition) is 2. The Morgan fingerprint density at radius 2 is 1.55 bits per heavy atom. The van der Waals surface area contributed by atoms with Crippen molar-refractivity contribution in [3.63, 3.8) is 0 Å². The Bertz CT molecular complexity index is 524. The predicted molar refractivity (Wildman–Crippen MR) is 85.4 cm³/mol. The zero-order valence-corrected chi connectivity index (χ0v) is 12.6. The van der Waals surface area contributed by atoms with Gasteiger partial charge in [-0.1, -0.05) is 75.4 Å². The van der Waals surface area contributed by atoms with Gasteiger partial charge in [0.1, 0.15) is 0 Å². The number of nitrogens with two attached hydrogens (primary N) is 1. The Balaban J connectivity index is 2.13. The zero-order chi connectivity index (χ0) is 14.6. The van der Waals surface area contributed by atoms with Crippen LogP contribution in [0.1, 0.15) is 43.5 Å². The maximum absolute atomic E-state index is 5.70. The van der Waals surface area contributed by atoms with Crippen LogP contribution in [-0.4, -0.2) is 0 Å². The molecule has 0 radical (unpaired) electrons. The van der Waals surface area contributed by atoms with Gasteiger partial charge in [-0.05, 0) is 28.5 Å². The molecular weight excluding hydrogens is 244 g/mol. The van der Waals surface area contributed by atoms with E-state index < -0.39 is 0 Å². The Kier molecular flexibility index (Phi) is 4.58. The van der Waals surface area contributed by atoms with E-state index in [2.05, 4.69) is 62.6 Å². The smallest absolute Gasteiger partial charge is 0.0500 e. The number of rotatable bonds is 4. The van der Waals surface area contributed by atoms with Crippen molar-refractivity contribution in [1.29, 1.82) is 0 Å². The van der Waals surface area contributed by atoms with Crippen molar-refractivity contribution in [2.45, 2.75) is 38.6 Å². The van der Waals surface area contributed by atoms with Gasteiger partial charge < -0.3 is 0 Å². The van der Waals surface area contributed by atoms with Crippen molar-refractivity contribution < 1.29 is 0 Å². The van der Waals surface area contributed by atoms with Crippen molar-refractivity contribution in [1.82, 2.24) is 5.43 Å². The average Bonchev–Trinajstić information content (AvgIpc) is 2.45. The van der Waals surface area contributed by atoms with Crippen LogP contribution in [-0.2, 0) is 11.8 Å². The summed E-state index contributed by atoms with van der Waals surface area (Å²) in [6.45, 7) is 6.70. The van der Waals surface area contributed by atoms with Gasteiger partial charge in [-0.3, -0.25) is 11.3 Å². The topological polar surface area (TPSA) is 38.0 Å². The van der Waals surface area contributed by atoms with Crippen molar-refractivity contribution in [2.75, 3.05) is 0 Å². The third-order valence-electron chi connectivity index (χ3n) is 3.66. The van der Waals surface area contributed by atoms with E-state index in [0.717, 1.165) is 6.42 Å². The summed E-state index contributed by atoms with van der Waals surface area (Å²) < 4.78 is 0. The van der Waals surface area contributed by atoms with E-state index in [-0.39, 0.29) is 11.5 Å². The van der Waals surface area contributed by atoms with E-state index in [1.54, 1.807) is 0 Å². The lowest BCUT2D eigenvalue weighted by Gasteiger charge is -2.20. The van der Waals surface area contributed by atoms with Crippen LogP contribution < -0.4 is 11.3 Å². The van der Waals surface area contributed by atoms with Gasteiger partial charge in [0, 0.05) is 6.04 Å². The maximum atomic E-state index is 5.70. The van der Waals surface area contributed by atoms with Gasteiger partial charge >= 0.3 is 0 Å². The van der Waals surface area contributed by atoms with Crippen molar-refractivity contribution >= 4 is 0 Å². The van der Waals surface area contributed by atoms with Crippen LogP contribution in [0.5, 0.6) is 0 Å². The Labute approximate surface area is 122 Å². The second-order valence-electron chi connectivity index (χ2n) is 6.28. The first-order valence-corrected chi connectivity index (χ1v) is 7.11. The molecule has 0 aliphatic rings. The minimum Gasteiger partial charge on any atom is -0.271 e. The molecule has 2 aromatic rings. The monoisotopic (exact) mass is 268 g/mol. The molecule has 0 spiro atoms. The molecule has 0 heterocycles. The highest BCUT2D eigenvalue weighted by molar-refractivity contribution is 5.29. The molecule has 0 aromatic heterocycles. The minimum atomic E-state index is 0.150. The molecule has 0 aliphatic heterocycles. The molecule has 0 saturated heterocycles. The summed E-state index contributed by atoms with van der Waals surface area (Å²) in [6.07, 6.45) is 0.894. The van der Waals surface area contributed by atoms with E-state index in [1.165, 1.54) is 16.7 Å². The van der Waals surface area contributed by atoms with E-state index in [9.17, 15) is 0 Å². The zero-order valence-electron chi connectivity index (χ0n) is 12.6. The molecule has 0 aliphatic carbocycles. The molecule has 2 aromatic carbocycles. The van der Waals surface area contributed by atoms with Gasteiger partial charge in [0.05, 0.1) is 0 Å². The molecule has 1 atom stereocenters. The number of hydrogen-bond acceptors (Lipinski definition) is 2. The molecule has 2 heteroatoms. The van der Waals surface area contributed by atoms with Crippen LogP contribution >= 0.6 is 0 Å². The lowest BCUT2D eigenvalue weighted by atomic mass is 9.86. The van der Waals surface area contributed by atoms with Crippen LogP contribution in [0.3, 0.4) is 0 Å². The van der Waals surface area contributed by atoms with E-state index >= 15 is 0 Å². The fraction of sp³-hybridized carbons (Fsp3) is 0.333. The Morgan fingerprint density at radius 3 is 2.05 bits per heavy atom. The van der Waals surface area contributed by atoms with Gasteiger partial charge in [-0.2, -0.15) is 0 Å². The first-order valence-electron chi connectivity index (χ1n) is 7.11. The number of benzene rings is 2. The molecule has 2 nitrogen and oxygen atoms in total. The second-order valence-corrected chi connectivity index (χ2v) is 6.28. The largest absolute Gasteiger partial charge is 0.271 e. The van der Waals surface area contributed by atoms with Crippen LogP contribution in [0.15, 0.2) is 54.6 Å². The summed E-state index contributed by atoms with van der Waals surface area (Å²) in [5.74, 6) is 5.70. The van der Waals surface area contributed by atoms with Crippen LogP contribution in [0.25, 0.3) is 0 Å². The fourth-order valence-corrected chi connectivity index (χ4v) is 2.33. The van der Waals surface area contributed by atoms with Crippen LogP contribution in [0.4, 0.5) is 0 Å². The molecule has 0 amide bonds. The minimum absolute atomic E-state index is 0.150. The van der Waals surface area contributed by atoms with Gasteiger partial charge in [-0.15, -0.1) is 0 Å². The molecule has 2 rings (SSSR count). The van der Waals surface area contributed by atoms with Crippen molar-refractivity contribution in [3.8, 4) is 0 Å². The van der Waals surface area contributed by atoms with Gasteiger partial charge in [0.15, 0.2) is 0 Å². The highest BCUT2D eigenvalue weighted by Gasteiger charge is 2.14. The summed E-state index contributed by atoms with van der Waals surface area (Å²) in [5, 5.41) is 0. The van der Waals surface area contributed by atoms with Gasteiger partial charge in [0.25, 0.3) is 0 Å². The SMILES string of the molecule is CC(C)(C)c1ccc(CC(NN)c2ccccc2)cc1. The molecule has 0 fully saturated rings. The van der Waals surface area contributed by atoms with Gasteiger partial charge in [-0.25, -0.2) is 0 Å².